The smallest absolute Gasteiger partial charge is 0.212 e. The van der Waals surface area contributed by atoms with Gasteiger partial charge < -0.3 is 10.2 Å². The molecule has 1 heterocycles. The third-order valence-corrected chi connectivity index (χ3v) is 3.45. The van der Waals surface area contributed by atoms with E-state index in [0.29, 0.717) is 12.1 Å². The molecule has 0 fully saturated rings. The molecule has 1 aromatic rings. The molecule has 0 aliphatic heterocycles. The van der Waals surface area contributed by atoms with E-state index in [-0.39, 0.29) is 12.3 Å². The van der Waals surface area contributed by atoms with Crippen LogP contribution in [0.1, 0.15) is 5.69 Å². The SMILES string of the molecule is O=S(=O)(CCc1ccccn1)NCC(O)CO. The van der Waals surface area contributed by atoms with Gasteiger partial charge in [-0.05, 0) is 12.1 Å². The molecule has 6 nitrogen and oxygen atoms in total. The van der Waals surface area contributed by atoms with E-state index in [1.165, 1.54) is 0 Å². The van der Waals surface area contributed by atoms with Crippen molar-refractivity contribution >= 4 is 10.0 Å². The van der Waals surface area contributed by atoms with E-state index in [9.17, 15) is 8.42 Å². The van der Waals surface area contributed by atoms with E-state index in [2.05, 4.69) is 9.71 Å². The minimum atomic E-state index is -3.45. The van der Waals surface area contributed by atoms with Crippen molar-refractivity contribution in [2.45, 2.75) is 12.5 Å². The van der Waals surface area contributed by atoms with Gasteiger partial charge in [0, 0.05) is 24.9 Å². The molecule has 0 aromatic carbocycles. The van der Waals surface area contributed by atoms with E-state index in [1.807, 2.05) is 0 Å². The number of sulfonamides is 1. The van der Waals surface area contributed by atoms with Crippen LogP contribution in [-0.2, 0) is 16.4 Å². The Hall–Kier alpha value is -1.02. The van der Waals surface area contributed by atoms with Crippen molar-refractivity contribution in [1.29, 1.82) is 0 Å². The Kier molecular flexibility index (Phi) is 5.49. The van der Waals surface area contributed by atoms with Crippen molar-refractivity contribution in [3.05, 3.63) is 30.1 Å². The lowest BCUT2D eigenvalue weighted by Crippen LogP contribution is -2.35. The van der Waals surface area contributed by atoms with Gasteiger partial charge in [0.1, 0.15) is 0 Å². The molecule has 1 unspecified atom stereocenters. The molecule has 0 saturated carbocycles. The number of aromatic nitrogens is 1. The lowest BCUT2D eigenvalue weighted by Gasteiger charge is -2.09. The summed E-state index contributed by atoms with van der Waals surface area (Å²) in [6, 6.07) is 5.30. The average Bonchev–Trinajstić information content (AvgIpc) is 2.35. The maximum absolute atomic E-state index is 11.5. The van der Waals surface area contributed by atoms with Crippen LogP contribution in [0, 0.1) is 0 Å². The van der Waals surface area contributed by atoms with Gasteiger partial charge in [0.2, 0.25) is 10.0 Å². The molecule has 0 aliphatic carbocycles. The summed E-state index contributed by atoms with van der Waals surface area (Å²) in [5, 5.41) is 17.6. The van der Waals surface area contributed by atoms with Gasteiger partial charge in [0.15, 0.2) is 0 Å². The highest BCUT2D eigenvalue weighted by atomic mass is 32.2. The molecule has 96 valence electrons. The minimum absolute atomic E-state index is 0.0951. The first-order valence-corrected chi connectivity index (χ1v) is 6.85. The Morgan fingerprint density at radius 1 is 1.41 bits per heavy atom. The molecular formula is C10H16N2O4S. The zero-order chi connectivity index (χ0) is 12.7. The second kappa shape index (κ2) is 6.65. The Balaban J connectivity index is 2.40. The largest absolute Gasteiger partial charge is 0.394 e. The molecule has 7 heteroatoms. The Morgan fingerprint density at radius 3 is 2.76 bits per heavy atom. The molecular weight excluding hydrogens is 244 g/mol. The highest BCUT2D eigenvalue weighted by molar-refractivity contribution is 7.89. The van der Waals surface area contributed by atoms with E-state index in [1.54, 1.807) is 24.4 Å². The fourth-order valence-electron chi connectivity index (χ4n) is 1.14. The summed E-state index contributed by atoms with van der Waals surface area (Å²) in [4.78, 5) is 4.01. The van der Waals surface area contributed by atoms with Crippen LogP contribution in [0.3, 0.4) is 0 Å². The predicted molar refractivity (Wildman–Crippen MR) is 62.8 cm³/mol. The summed E-state index contributed by atoms with van der Waals surface area (Å²) in [6.07, 6.45) is 0.843. The summed E-state index contributed by atoms with van der Waals surface area (Å²) in [6.45, 7) is -0.649. The van der Waals surface area contributed by atoms with Gasteiger partial charge in [-0.1, -0.05) is 6.07 Å². The fourth-order valence-corrected chi connectivity index (χ4v) is 2.21. The van der Waals surface area contributed by atoms with Crippen molar-refractivity contribution in [2.75, 3.05) is 18.9 Å². The van der Waals surface area contributed by atoms with Crippen molar-refractivity contribution in [3.63, 3.8) is 0 Å². The van der Waals surface area contributed by atoms with Crippen LogP contribution in [0.4, 0.5) is 0 Å². The van der Waals surface area contributed by atoms with Crippen LogP contribution in [0.25, 0.3) is 0 Å². The molecule has 0 saturated heterocycles. The maximum atomic E-state index is 11.5. The maximum Gasteiger partial charge on any atom is 0.212 e. The zero-order valence-electron chi connectivity index (χ0n) is 9.28. The van der Waals surface area contributed by atoms with Gasteiger partial charge in [-0.2, -0.15) is 0 Å². The van der Waals surface area contributed by atoms with Crippen LogP contribution in [0.5, 0.6) is 0 Å². The van der Waals surface area contributed by atoms with Gasteiger partial charge in [-0.15, -0.1) is 0 Å². The first-order chi connectivity index (χ1) is 8.03. The number of aliphatic hydroxyl groups is 2. The predicted octanol–water partition coefficient (Wildman–Crippen LogP) is -1.10. The zero-order valence-corrected chi connectivity index (χ0v) is 10.1. The number of pyridine rings is 1. The van der Waals surface area contributed by atoms with Crippen molar-refractivity contribution < 1.29 is 18.6 Å². The topological polar surface area (TPSA) is 99.5 Å². The molecule has 0 aliphatic rings. The van der Waals surface area contributed by atoms with Crippen molar-refractivity contribution in [3.8, 4) is 0 Å². The van der Waals surface area contributed by atoms with E-state index in [0.717, 1.165) is 0 Å². The number of hydrogen-bond donors (Lipinski definition) is 3. The van der Waals surface area contributed by atoms with Gasteiger partial charge in [-0.3, -0.25) is 4.98 Å². The average molecular weight is 260 g/mol. The molecule has 0 amide bonds. The highest BCUT2D eigenvalue weighted by Gasteiger charge is 2.12. The standard InChI is InChI=1S/C10H16N2O4S/c13-8-10(14)7-12-17(15,16)6-4-9-3-1-2-5-11-9/h1-3,5,10,12-14H,4,6-8H2. The monoisotopic (exact) mass is 260 g/mol. The van der Waals surface area contributed by atoms with E-state index >= 15 is 0 Å². The molecule has 17 heavy (non-hydrogen) atoms. The number of hydrogen-bond acceptors (Lipinski definition) is 5. The van der Waals surface area contributed by atoms with Crippen LogP contribution in [-0.4, -0.2) is 48.6 Å². The van der Waals surface area contributed by atoms with E-state index < -0.39 is 22.7 Å². The summed E-state index contributed by atoms with van der Waals surface area (Å²) >= 11 is 0. The third kappa shape index (κ3) is 5.73. The first kappa shape index (κ1) is 14.0. The Morgan fingerprint density at radius 2 is 2.18 bits per heavy atom. The number of aryl methyl sites for hydroxylation is 1. The second-order valence-corrected chi connectivity index (χ2v) is 5.50. The molecule has 0 spiro atoms. The Labute approximate surface area is 100 Å². The molecule has 1 aromatic heterocycles. The van der Waals surface area contributed by atoms with E-state index in [4.69, 9.17) is 10.2 Å². The molecule has 3 N–H and O–H groups in total. The second-order valence-electron chi connectivity index (χ2n) is 3.57. The van der Waals surface area contributed by atoms with Crippen LogP contribution in [0.2, 0.25) is 0 Å². The van der Waals surface area contributed by atoms with Crippen LogP contribution < -0.4 is 4.72 Å². The third-order valence-electron chi connectivity index (χ3n) is 2.10. The summed E-state index contributed by atoms with van der Waals surface area (Å²) in [5.41, 5.74) is 0.695. The summed E-state index contributed by atoms with van der Waals surface area (Å²) in [5.74, 6) is -0.0951. The van der Waals surface area contributed by atoms with Crippen LogP contribution in [0.15, 0.2) is 24.4 Å². The van der Waals surface area contributed by atoms with Crippen molar-refractivity contribution in [2.24, 2.45) is 0 Å². The highest BCUT2D eigenvalue weighted by Crippen LogP contribution is 1.97. The van der Waals surface area contributed by atoms with Gasteiger partial charge in [0.25, 0.3) is 0 Å². The van der Waals surface area contributed by atoms with Gasteiger partial charge in [-0.25, -0.2) is 13.1 Å². The first-order valence-electron chi connectivity index (χ1n) is 5.19. The number of nitrogens with zero attached hydrogens (tertiary/aromatic N) is 1. The van der Waals surface area contributed by atoms with Gasteiger partial charge in [0.05, 0.1) is 18.5 Å². The molecule has 1 rings (SSSR count). The number of rotatable bonds is 7. The molecule has 0 radical (unpaired) electrons. The van der Waals surface area contributed by atoms with Crippen molar-refractivity contribution in [1.82, 2.24) is 9.71 Å². The van der Waals surface area contributed by atoms with Crippen LogP contribution >= 0.6 is 0 Å². The minimum Gasteiger partial charge on any atom is -0.394 e. The quantitative estimate of drug-likeness (QED) is 0.577. The summed E-state index contributed by atoms with van der Waals surface area (Å²) in [7, 11) is -3.45. The Bertz CT molecular complexity index is 421. The summed E-state index contributed by atoms with van der Waals surface area (Å²) < 4.78 is 25.2. The lowest BCUT2D eigenvalue weighted by atomic mass is 10.3. The number of nitrogens with one attached hydrogen (secondary N) is 1. The molecule has 1 atom stereocenters. The van der Waals surface area contributed by atoms with Gasteiger partial charge >= 0.3 is 0 Å². The normalized spacial score (nSPS) is 13.5. The lowest BCUT2D eigenvalue weighted by molar-refractivity contribution is 0.0988. The molecule has 0 bridgehead atoms. The number of aliphatic hydroxyl groups excluding tert-OH is 2. The fraction of sp³-hybridized carbons (Fsp3) is 0.500.